The third kappa shape index (κ3) is 2.39. The highest BCUT2D eigenvalue weighted by Gasteiger charge is 2.29. The van der Waals surface area contributed by atoms with Crippen molar-refractivity contribution in [1.82, 2.24) is 4.98 Å². The van der Waals surface area contributed by atoms with Crippen LogP contribution >= 0.6 is 11.8 Å². The van der Waals surface area contributed by atoms with Crippen molar-refractivity contribution in [2.24, 2.45) is 0 Å². The maximum Gasteiger partial charge on any atom is 0.328 e. The molecule has 0 bridgehead atoms. The molecule has 0 spiro atoms. The maximum absolute atomic E-state index is 10.7. The number of para-hydroxylation sites is 2. The highest BCUT2D eigenvalue weighted by Crippen LogP contribution is 2.26. The van der Waals surface area contributed by atoms with E-state index in [2.05, 4.69) is 4.98 Å². The summed E-state index contributed by atoms with van der Waals surface area (Å²) in [5.41, 5.74) is 1.05. The number of carbonyl (C=O) groups is 2. The third-order valence-corrected chi connectivity index (χ3v) is 2.96. The largest absolute Gasteiger partial charge is 0.480 e. The molecule has 0 aliphatic heterocycles. The van der Waals surface area contributed by atoms with E-state index in [4.69, 9.17) is 14.6 Å². The zero-order valence-electron chi connectivity index (χ0n) is 8.36. The number of oxazole rings is 1. The van der Waals surface area contributed by atoms with Gasteiger partial charge in [-0.15, -0.1) is 0 Å². The predicted molar refractivity (Wildman–Crippen MR) is 58.9 cm³/mol. The molecular formula is C10H7NO5S. The molecule has 0 aliphatic carbocycles. The molecule has 0 amide bonds. The Kier molecular flexibility index (Phi) is 3.01. The van der Waals surface area contributed by atoms with Crippen molar-refractivity contribution in [3.8, 4) is 0 Å². The van der Waals surface area contributed by atoms with Crippen LogP contribution in [-0.4, -0.2) is 32.4 Å². The minimum atomic E-state index is -1.62. The number of aromatic nitrogens is 1. The SMILES string of the molecule is O=C(O)C(Sc1nc2ccccc2o1)C(=O)O. The normalized spacial score (nSPS) is 10.9. The van der Waals surface area contributed by atoms with Gasteiger partial charge in [-0.25, -0.2) is 4.98 Å². The van der Waals surface area contributed by atoms with Crippen LogP contribution in [0.2, 0.25) is 0 Å². The van der Waals surface area contributed by atoms with Crippen LogP contribution in [0.3, 0.4) is 0 Å². The Morgan fingerprint density at radius 2 is 1.88 bits per heavy atom. The number of hydrogen-bond acceptors (Lipinski definition) is 5. The summed E-state index contributed by atoms with van der Waals surface area (Å²) in [7, 11) is 0. The van der Waals surface area contributed by atoms with E-state index in [1.807, 2.05) is 0 Å². The average molecular weight is 253 g/mol. The van der Waals surface area contributed by atoms with Crippen molar-refractivity contribution in [2.45, 2.75) is 10.5 Å². The summed E-state index contributed by atoms with van der Waals surface area (Å²) in [6.07, 6.45) is 0. The van der Waals surface area contributed by atoms with Crippen molar-refractivity contribution in [3.05, 3.63) is 24.3 Å². The second kappa shape index (κ2) is 4.46. The zero-order valence-corrected chi connectivity index (χ0v) is 9.18. The Morgan fingerprint density at radius 3 is 2.47 bits per heavy atom. The summed E-state index contributed by atoms with van der Waals surface area (Å²) in [5.74, 6) is -2.88. The van der Waals surface area contributed by atoms with Gasteiger partial charge in [-0.3, -0.25) is 9.59 Å². The van der Waals surface area contributed by atoms with Gasteiger partial charge >= 0.3 is 11.9 Å². The van der Waals surface area contributed by atoms with E-state index < -0.39 is 17.2 Å². The Bertz CT molecular complexity index is 532. The van der Waals surface area contributed by atoms with Gasteiger partial charge in [-0.2, -0.15) is 0 Å². The van der Waals surface area contributed by atoms with E-state index in [0.717, 1.165) is 0 Å². The van der Waals surface area contributed by atoms with Crippen LogP contribution in [0.4, 0.5) is 0 Å². The molecule has 7 heteroatoms. The van der Waals surface area contributed by atoms with E-state index in [1.54, 1.807) is 24.3 Å². The van der Waals surface area contributed by atoms with E-state index >= 15 is 0 Å². The Balaban J connectivity index is 2.28. The first kappa shape index (κ1) is 11.5. The van der Waals surface area contributed by atoms with Crippen molar-refractivity contribution in [1.29, 1.82) is 0 Å². The first-order chi connectivity index (χ1) is 8.08. The van der Waals surface area contributed by atoms with Crippen LogP contribution in [-0.2, 0) is 9.59 Å². The fourth-order valence-electron chi connectivity index (χ4n) is 1.21. The molecule has 0 saturated carbocycles. The maximum atomic E-state index is 10.7. The van der Waals surface area contributed by atoms with Gasteiger partial charge in [0.05, 0.1) is 0 Å². The number of carboxylic acid groups (broad SMARTS) is 2. The predicted octanol–water partition coefficient (Wildman–Crippen LogP) is 1.46. The van der Waals surface area contributed by atoms with E-state index in [1.165, 1.54) is 0 Å². The fraction of sp³-hybridized carbons (Fsp3) is 0.100. The minimum absolute atomic E-state index is 0.0287. The molecule has 0 aliphatic rings. The van der Waals surface area contributed by atoms with Crippen LogP contribution in [0.25, 0.3) is 11.1 Å². The van der Waals surface area contributed by atoms with E-state index in [-0.39, 0.29) is 5.22 Å². The number of aliphatic carboxylic acids is 2. The summed E-state index contributed by atoms with van der Waals surface area (Å²) in [6, 6.07) is 6.86. The van der Waals surface area contributed by atoms with Gasteiger partial charge < -0.3 is 14.6 Å². The molecule has 6 nitrogen and oxygen atoms in total. The molecule has 2 rings (SSSR count). The quantitative estimate of drug-likeness (QED) is 0.628. The number of carboxylic acids is 2. The second-order valence-electron chi connectivity index (χ2n) is 3.12. The van der Waals surface area contributed by atoms with Crippen LogP contribution in [0.1, 0.15) is 0 Å². The standard InChI is InChI=1S/C10H7NO5S/c12-8(13)7(9(14)15)17-10-11-5-3-1-2-4-6(5)16-10/h1-4,7H,(H,12,13)(H,14,15). The van der Waals surface area contributed by atoms with Crippen LogP contribution in [0.15, 0.2) is 33.9 Å². The number of thioether (sulfide) groups is 1. The highest BCUT2D eigenvalue weighted by molar-refractivity contribution is 8.01. The molecule has 1 aromatic carbocycles. The van der Waals surface area contributed by atoms with Gasteiger partial charge in [0.15, 0.2) is 5.58 Å². The molecule has 0 radical (unpaired) electrons. The van der Waals surface area contributed by atoms with E-state index in [9.17, 15) is 9.59 Å². The Morgan fingerprint density at radius 1 is 1.24 bits per heavy atom. The molecule has 1 aromatic heterocycles. The van der Waals surface area contributed by atoms with Gasteiger partial charge in [0.2, 0.25) is 5.25 Å². The lowest BCUT2D eigenvalue weighted by Crippen LogP contribution is -2.26. The van der Waals surface area contributed by atoms with Gasteiger partial charge in [0.25, 0.3) is 5.22 Å². The van der Waals surface area contributed by atoms with Crippen LogP contribution in [0, 0.1) is 0 Å². The molecule has 88 valence electrons. The zero-order chi connectivity index (χ0) is 12.4. The number of rotatable bonds is 4. The lowest BCUT2D eigenvalue weighted by atomic mass is 10.3. The second-order valence-corrected chi connectivity index (χ2v) is 4.18. The number of fused-ring (bicyclic) bond motifs is 1. The molecule has 0 atom stereocenters. The molecule has 1 heterocycles. The molecule has 0 fully saturated rings. The molecule has 0 unspecified atom stereocenters. The first-order valence-electron chi connectivity index (χ1n) is 4.56. The highest BCUT2D eigenvalue weighted by atomic mass is 32.2. The van der Waals surface area contributed by atoms with Gasteiger partial charge in [0, 0.05) is 0 Å². The average Bonchev–Trinajstić information content (AvgIpc) is 2.67. The van der Waals surface area contributed by atoms with E-state index in [0.29, 0.717) is 22.9 Å². The summed E-state index contributed by atoms with van der Waals surface area (Å²) in [6.45, 7) is 0. The van der Waals surface area contributed by atoms with Crippen LogP contribution in [0.5, 0.6) is 0 Å². The lowest BCUT2D eigenvalue weighted by molar-refractivity contribution is -0.146. The topological polar surface area (TPSA) is 101 Å². The molecule has 0 saturated heterocycles. The number of nitrogens with zero attached hydrogens (tertiary/aromatic N) is 1. The summed E-state index contributed by atoms with van der Waals surface area (Å²) in [4.78, 5) is 25.4. The molecular weight excluding hydrogens is 246 g/mol. The fourth-order valence-corrected chi connectivity index (χ4v) is 1.90. The third-order valence-electron chi connectivity index (χ3n) is 1.94. The number of hydrogen-bond donors (Lipinski definition) is 2. The summed E-state index contributed by atoms with van der Waals surface area (Å²) in [5, 5.41) is 15.8. The summed E-state index contributed by atoms with van der Waals surface area (Å²) >= 11 is 0.554. The summed E-state index contributed by atoms with van der Waals surface area (Å²) < 4.78 is 5.22. The monoisotopic (exact) mass is 253 g/mol. The van der Waals surface area contributed by atoms with Crippen molar-refractivity contribution in [2.75, 3.05) is 0 Å². The molecule has 17 heavy (non-hydrogen) atoms. The van der Waals surface area contributed by atoms with Crippen LogP contribution < -0.4 is 0 Å². The minimum Gasteiger partial charge on any atom is -0.480 e. The smallest absolute Gasteiger partial charge is 0.328 e. The van der Waals surface area contributed by atoms with Gasteiger partial charge in [-0.1, -0.05) is 12.1 Å². The van der Waals surface area contributed by atoms with Crippen molar-refractivity contribution in [3.63, 3.8) is 0 Å². The van der Waals surface area contributed by atoms with Gasteiger partial charge in [0.1, 0.15) is 5.52 Å². The number of benzene rings is 1. The Hall–Kier alpha value is -2.02. The lowest BCUT2D eigenvalue weighted by Gasteiger charge is -2.02. The Labute approximate surface area is 99.3 Å². The van der Waals surface area contributed by atoms with Gasteiger partial charge in [-0.05, 0) is 23.9 Å². The molecule has 2 aromatic rings. The van der Waals surface area contributed by atoms with Crippen molar-refractivity contribution < 1.29 is 24.2 Å². The molecule has 2 N–H and O–H groups in total. The first-order valence-corrected chi connectivity index (χ1v) is 5.44. The van der Waals surface area contributed by atoms with Crippen molar-refractivity contribution >= 4 is 34.8 Å².